The molecule has 0 aromatic carbocycles. The van der Waals surface area contributed by atoms with Gasteiger partial charge in [0.15, 0.2) is 0 Å². The Bertz CT molecular complexity index is 426. The summed E-state index contributed by atoms with van der Waals surface area (Å²) in [6, 6.07) is 0. The predicted molar refractivity (Wildman–Crippen MR) is 83.7 cm³/mol. The van der Waals surface area contributed by atoms with Gasteiger partial charge in [0.2, 0.25) is 5.89 Å². The van der Waals surface area contributed by atoms with Gasteiger partial charge in [0.25, 0.3) is 5.95 Å². The Labute approximate surface area is 127 Å². The molecule has 1 N–H and O–H groups in total. The lowest BCUT2D eigenvalue weighted by Gasteiger charge is -2.34. The molecular formula is C16H28N4O. The second-order valence-corrected chi connectivity index (χ2v) is 6.61. The van der Waals surface area contributed by atoms with Crippen LogP contribution in [-0.4, -0.2) is 36.3 Å². The van der Waals surface area contributed by atoms with Crippen LogP contribution >= 0.6 is 0 Å². The molecule has 0 spiro atoms. The topological polar surface area (TPSA) is 54.2 Å². The lowest BCUT2D eigenvalue weighted by Crippen LogP contribution is -2.43. The molecule has 21 heavy (non-hydrogen) atoms. The minimum Gasteiger partial charge on any atom is -0.338 e. The second-order valence-electron chi connectivity index (χ2n) is 6.61. The van der Waals surface area contributed by atoms with Crippen molar-refractivity contribution in [3.05, 3.63) is 5.89 Å². The summed E-state index contributed by atoms with van der Waals surface area (Å²) >= 11 is 0. The standard InChI is InChI=1S/C16H28N4O/c1-2-8-16(9-7-10-17-13-16)14-18-15(19-21-14)20-11-5-3-4-6-12-20/h17H,2-13H2,1H3. The van der Waals surface area contributed by atoms with Gasteiger partial charge in [0.05, 0.1) is 5.41 Å². The van der Waals surface area contributed by atoms with E-state index in [1.54, 1.807) is 0 Å². The van der Waals surface area contributed by atoms with Crippen LogP contribution in [0.3, 0.4) is 0 Å². The lowest BCUT2D eigenvalue weighted by molar-refractivity contribution is 0.213. The molecule has 118 valence electrons. The smallest absolute Gasteiger partial charge is 0.266 e. The Morgan fingerprint density at radius 2 is 2.00 bits per heavy atom. The summed E-state index contributed by atoms with van der Waals surface area (Å²) in [5, 5.41) is 7.81. The first-order valence-electron chi connectivity index (χ1n) is 8.64. The maximum absolute atomic E-state index is 5.71. The van der Waals surface area contributed by atoms with Crippen LogP contribution < -0.4 is 10.2 Å². The van der Waals surface area contributed by atoms with E-state index >= 15 is 0 Å². The Morgan fingerprint density at radius 1 is 1.19 bits per heavy atom. The molecule has 0 radical (unpaired) electrons. The maximum Gasteiger partial charge on any atom is 0.266 e. The summed E-state index contributed by atoms with van der Waals surface area (Å²) in [6.45, 7) is 6.46. The SMILES string of the molecule is CCCC1(c2nc(N3CCCCCC3)no2)CCCNC1. The molecular weight excluding hydrogens is 264 g/mol. The molecule has 2 fully saturated rings. The highest BCUT2D eigenvalue weighted by Crippen LogP contribution is 2.35. The van der Waals surface area contributed by atoms with Gasteiger partial charge in [-0.25, -0.2) is 0 Å². The molecule has 0 saturated carbocycles. The van der Waals surface area contributed by atoms with Crippen molar-refractivity contribution in [2.45, 2.75) is 63.7 Å². The number of anilines is 1. The summed E-state index contributed by atoms with van der Waals surface area (Å²) in [6.07, 6.45) is 9.77. The number of nitrogens with zero attached hydrogens (tertiary/aromatic N) is 3. The van der Waals surface area contributed by atoms with Crippen LogP contribution in [0, 0.1) is 0 Å². The van der Waals surface area contributed by atoms with Crippen molar-refractivity contribution in [1.29, 1.82) is 0 Å². The highest BCUT2D eigenvalue weighted by Gasteiger charge is 2.38. The summed E-state index contributed by atoms with van der Waals surface area (Å²) in [5.41, 5.74) is 0.0596. The number of nitrogens with one attached hydrogen (secondary N) is 1. The molecule has 3 rings (SSSR count). The van der Waals surface area contributed by atoms with E-state index < -0.39 is 0 Å². The molecule has 0 bridgehead atoms. The van der Waals surface area contributed by atoms with Gasteiger partial charge in [0, 0.05) is 19.6 Å². The number of piperidine rings is 1. The van der Waals surface area contributed by atoms with E-state index in [1.807, 2.05) is 0 Å². The van der Waals surface area contributed by atoms with E-state index in [9.17, 15) is 0 Å². The highest BCUT2D eigenvalue weighted by atomic mass is 16.5. The van der Waals surface area contributed by atoms with Crippen LogP contribution in [0.4, 0.5) is 5.95 Å². The normalized spacial score (nSPS) is 27.6. The Hall–Kier alpha value is -1.10. The first-order chi connectivity index (χ1) is 10.3. The van der Waals surface area contributed by atoms with E-state index in [4.69, 9.17) is 9.51 Å². The Balaban J connectivity index is 1.78. The van der Waals surface area contributed by atoms with Crippen LogP contribution in [0.1, 0.15) is 64.2 Å². The molecule has 1 aromatic heterocycles. The summed E-state index contributed by atoms with van der Waals surface area (Å²) in [4.78, 5) is 7.10. The summed E-state index contributed by atoms with van der Waals surface area (Å²) < 4.78 is 5.71. The van der Waals surface area contributed by atoms with E-state index in [0.29, 0.717) is 0 Å². The third kappa shape index (κ3) is 3.23. The van der Waals surface area contributed by atoms with Crippen molar-refractivity contribution in [2.24, 2.45) is 0 Å². The molecule has 2 saturated heterocycles. The second kappa shape index (κ2) is 6.77. The van der Waals surface area contributed by atoms with E-state index in [-0.39, 0.29) is 5.41 Å². The molecule has 1 atom stereocenters. The third-order valence-corrected chi connectivity index (χ3v) is 4.96. The number of hydrogen-bond acceptors (Lipinski definition) is 5. The number of aromatic nitrogens is 2. The van der Waals surface area contributed by atoms with Gasteiger partial charge in [-0.3, -0.25) is 0 Å². The van der Waals surface area contributed by atoms with Gasteiger partial charge in [0.1, 0.15) is 0 Å². The third-order valence-electron chi connectivity index (χ3n) is 4.96. The molecule has 2 aliphatic heterocycles. The molecule has 5 nitrogen and oxygen atoms in total. The molecule has 3 heterocycles. The quantitative estimate of drug-likeness (QED) is 0.925. The average molecular weight is 292 g/mol. The van der Waals surface area contributed by atoms with Gasteiger partial charge in [-0.2, -0.15) is 4.98 Å². The van der Waals surface area contributed by atoms with Gasteiger partial charge in [-0.05, 0) is 43.8 Å². The van der Waals surface area contributed by atoms with Crippen molar-refractivity contribution in [2.75, 3.05) is 31.1 Å². The van der Waals surface area contributed by atoms with E-state index in [0.717, 1.165) is 57.3 Å². The van der Waals surface area contributed by atoms with E-state index in [1.165, 1.54) is 32.1 Å². The van der Waals surface area contributed by atoms with Gasteiger partial charge < -0.3 is 14.7 Å². The molecule has 0 aliphatic carbocycles. The van der Waals surface area contributed by atoms with Gasteiger partial charge >= 0.3 is 0 Å². The average Bonchev–Trinajstić information content (AvgIpc) is 2.86. The number of hydrogen-bond donors (Lipinski definition) is 1. The van der Waals surface area contributed by atoms with Crippen molar-refractivity contribution < 1.29 is 4.52 Å². The molecule has 5 heteroatoms. The molecule has 2 aliphatic rings. The van der Waals surface area contributed by atoms with Crippen LogP contribution in [0.2, 0.25) is 0 Å². The fourth-order valence-corrected chi connectivity index (χ4v) is 3.78. The zero-order valence-electron chi connectivity index (χ0n) is 13.2. The highest BCUT2D eigenvalue weighted by molar-refractivity contribution is 5.29. The first-order valence-corrected chi connectivity index (χ1v) is 8.64. The summed E-state index contributed by atoms with van der Waals surface area (Å²) in [5.74, 6) is 1.67. The Morgan fingerprint density at radius 3 is 2.67 bits per heavy atom. The van der Waals surface area contributed by atoms with Gasteiger partial charge in [-0.1, -0.05) is 26.2 Å². The fourth-order valence-electron chi connectivity index (χ4n) is 3.78. The minimum absolute atomic E-state index is 0.0596. The van der Waals surface area contributed by atoms with Crippen LogP contribution in [0.15, 0.2) is 4.52 Å². The predicted octanol–water partition coefficient (Wildman–Crippen LogP) is 2.87. The molecule has 1 aromatic rings. The first kappa shape index (κ1) is 14.8. The zero-order chi connectivity index (χ0) is 14.5. The fraction of sp³-hybridized carbons (Fsp3) is 0.875. The van der Waals surface area contributed by atoms with Crippen molar-refractivity contribution in [3.63, 3.8) is 0 Å². The van der Waals surface area contributed by atoms with E-state index in [2.05, 4.69) is 22.3 Å². The number of rotatable bonds is 4. The Kier molecular flexibility index (Phi) is 4.78. The van der Waals surface area contributed by atoms with Crippen LogP contribution in [0.5, 0.6) is 0 Å². The van der Waals surface area contributed by atoms with Gasteiger partial charge in [-0.15, -0.1) is 0 Å². The van der Waals surface area contributed by atoms with Crippen molar-refractivity contribution in [3.8, 4) is 0 Å². The largest absolute Gasteiger partial charge is 0.338 e. The molecule has 0 amide bonds. The zero-order valence-corrected chi connectivity index (χ0v) is 13.2. The van der Waals surface area contributed by atoms with Crippen molar-refractivity contribution in [1.82, 2.24) is 15.5 Å². The minimum atomic E-state index is 0.0596. The van der Waals surface area contributed by atoms with Crippen LogP contribution in [-0.2, 0) is 5.41 Å². The monoisotopic (exact) mass is 292 g/mol. The maximum atomic E-state index is 5.71. The van der Waals surface area contributed by atoms with Crippen molar-refractivity contribution >= 4 is 5.95 Å². The lowest BCUT2D eigenvalue weighted by atomic mass is 9.77. The summed E-state index contributed by atoms with van der Waals surface area (Å²) in [7, 11) is 0. The molecule has 1 unspecified atom stereocenters. The van der Waals surface area contributed by atoms with Crippen LogP contribution in [0.25, 0.3) is 0 Å².